The van der Waals surface area contributed by atoms with Crippen molar-refractivity contribution in [2.24, 2.45) is 0 Å². The third-order valence-corrected chi connectivity index (χ3v) is 5.89. The van der Waals surface area contributed by atoms with Crippen LogP contribution in [0.15, 0.2) is 35.7 Å². The van der Waals surface area contributed by atoms with Crippen LogP contribution in [0, 0.1) is 4.77 Å². The lowest BCUT2D eigenvalue weighted by molar-refractivity contribution is -0.133. The molecule has 0 aliphatic heterocycles. The van der Waals surface area contributed by atoms with E-state index in [-0.39, 0.29) is 18.9 Å². The number of rotatable bonds is 7. The van der Waals surface area contributed by atoms with Crippen LogP contribution in [0.4, 0.5) is 5.69 Å². The summed E-state index contributed by atoms with van der Waals surface area (Å²) >= 11 is 18.9. The number of thiophene rings is 1. The van der Waals surface area contributed by atoms with E-state index in [9.17, 15) is 9.59 Å². The summed E-state index contributed by atoms with van der Waals surface area (Å²) in [7, 11) is 1.56. The van der Waals surface area contributed by atoms with Gasteiger partial charge in [-0.05, 0) is 35.8 Å². The highest BCUT2D eigenvalue weighted by atomic mass is 35.5. The van der Waals surface area contributed by atoms with Gasteiger partial charge in [0.2, 0.25) is 11.8 Å². The van der Waals surface area contributed by atoms with Gasteiger partial charge in [0, 0.05) is 20.0 Å². The van der Waals surface area contributed by atoms with Crippen LogP contribution in [0.2, 0.25) is 10.0 Å². The Morgan fingerprint density at radius 2 is 2.00 bits per heavy atom. The molecule has 0 bridgehead atoms. The average molecular weight is 470 g/mol. The van der Waals surface area contributed by atoms with Gasteiger partial charge in [0.25, 0.3) is 0 Å². The number of hydrogen-bond donors (Lipinski definition) is 2. The van der Waals surface area contributed by atoms with Gasteiger partial charge in [-0.1, -0.05) is 35.3 Å². The molecule has 0 saturated carbocycles. The van der Waals surface area contributed by atoms with Crippen LogP contribution in [0.5, 0.6) is 0 Å². The number of halogens is 2. The zero-order chi connectivity index (χ0) is 21.0. The topological polar surface area (TPSA) is 83.0 Å². The molecule has 1 aromatic carbocycles. The van der Waals surface area contributed by atoms with Crippen LogP contribution in [-0.2, 0) is 16.1 Å². The van der Waals surface area contributed by atoms with Crippen molar-refractivity contribution < 1.29 is 9.59 Å². The van der Waals surface area contributed by atoms with Gasteiger partial charge in [0.05, 0.1) is 27.2 Å². The number of aromatic nitrogens is 3. The van der Waals surface area contributed by atoms with E-state index in [0.29, 0.717) is 32.9 Å². The standard InChI is InChI=1S/C18H17Cl2N5O2S2/c1-24(10-14(26)21-16-11(19)4-2-5-12(16)20)15(27)7-8-25-17(22-23-18(25)28)13-6-3-9-29-13/h2-6,9H,7-8,10H2,1H3,(H,21,26)(H,23,28). The fraction of sp³-hybridized carbons (Fsp3) is 0.222. The Bertz CT molecular complexity index is 1060. The van der Waals surface area contributed by atoms with Gasteiger partial charge in [-0.15, -0.1) is 11.3 Å². The summed E-state index contributed by atoms with van der Waals surface area (Å²) in [5.74, 6) is 0.0900. The molecule has 2 aromatic heterocycles. The third kappa shape index (κ3) is 5.24. The lowest BCUT2D eigenvalue weighted by Crippen LogP contribution is -2.35. The molecule has 0 atom stereocenters. The fourth-order valence-corrected chi connectivity index (χ4v) is 4.05. The largest absolute Gasteiger partial charge is 0.336 e. The second-order valence-electron chi connectivity index (χ2n) is 6.13. The maximum absolute atomic E-state index is 12.5. The number of para-hydroxylation sites is 1. The average Bonchev–Trinajstić information content (AvgIpc) is 3.32. The van der Waals surface area contributed by atoms with Gasteiger partial charge in [0.15, 0.2) is 10.6 Å². The van der Waals surface area contributed by atoms with E-state index in [1.54, 1.807) is 29.8 Å². The number of carbonyl (C=O) groups excluding carboxylic acids is 2. The number of hydrogen-bond acceptors (Lipinski definition) is 5. The first-order valence-corrected chi connectivity index (χ1v) is 10.6. The third-order valence-electron chi connectivity index (χ3n) is 4.08. The molecule has 0 aliphatic carbocycles. The highest BCUT2D eigenvalue weighted by molar-refractivity contribution is 7.71. The molecule has 0 saturated heterocycles. The first kappa shape index (κ1) is 21.5. The summed E-state index contributed by atoms with van der Waals surface area (Å²) in [6.07, 6.45) is 0.169. The van der Waals surface area contributed by atoms with Gasteiger partial charge >= 0.3 is 0 Å². The van der Waals surface area contributed by atoms with Crippen LogP contribution in [0.25, 0.3) is 10.7 Å². The number of carbonyl (C=O) groups is 2. The summed E-state index contributed by atoms with van der Waals surface area (Å²) < 4.78 is 2.21. The zero-order valence-corrected chi connectivity index (χ0v) is 18.5. The molecule has 2 heterocycles. The molecule has 3 rings (SSSR count). The number of likely N-dealkylation sites (N-methyl/N-ethyl adjacent to an activating group) is 1. The minimum Gasteiger partial charge on any atom is -0.336 e. The molecule has 0 fully saturated rings. The Kier molecular flexibility index (Phi) is 7.07. The van der Waals surface area contributed by atoms with Crippen LogP contribution < -0.4 is 5.32 Å². The number of nitrogens with one attached hydrogen (secondary N) is 2. The quantitative estimate of drug-likeness (QED) is 0.500. The van der Waals surface area contributed by atoms with Gasteiger partial charge < -0.3 is 10.2 Å². The molecule has 3 aromatic rings. The fourth-order valence-electron chi connectivity index (χ4n) is 2.62. The van der Waals surface area contributed by atoms with Crippen molar-refractivity contribution in [2.45, 2.75) is 13.0 Å². The maximum Gasteiger partial charge on any atom is 0.244 e. The van der Waals surface area contributed by atoms with Crippen molar-refractivity contribution >= 4 is 64.3 Å². The molecule has 152 valence electrons. The predicted molar refractivity (Wildman–Crippen MR) is 118 cm³/mol. The van der Waals surface area contributed by atoms with Crippen LogP contribution in [0.1, 0.15) is 6.42 Å². The number of anilines is 1. The van der Waals surface area contributed by atoms with Crippen molar-refractivity contribution in [3.63, 3.8) is 0 Å². The number of nitrogens with zero attached hydrogens (tertiary/aromatic N) is 3. The van der Waals surface area contributed by atoms with Crippen molar-refractivity contribution in [1.82, 2.24) is 19.7 Å². The molecule has 0 spiro atoms. The minimum absolute atomic E-state index is 0.130. The second kappa shape index (κ2) is 9.53. The molecule has 0 aliphatic rings. The molecule has 7 nitrogen and oxygen atoms in total. The molecular weight excluding hydrogens is 453 g/mol. The monoisotopic (exact) mass is 469 g/mol. The molecule has 0 radical (unpaired) electrons. The van der Waals surface area contributed by atoms with E-state index in [2.05, 4.69) is 15.5 Å². The molecule has 2 N–H and O–H groups in total. The maximum atomic E-state index is 12.5. The summed E-state index contributed by atoms with van der Waals surface area (Å²) in [6, 6.07) is 8.78. The van der Waals surface area contributed by atoms with E-state index in [4.69, 9.17) is 35.4 Å². The van der Waals surface area contributed by atoms with Crippen molar-refractivity contribution in [2.75, 3.05) is 18.9 Å². The van der Waals surface area contributed by atoms with Gasteiger partial charge in [-0.3, -0.25) is 19.3 Å². The highest BCUT2D eigenvalue weighted by Gasteiger charge is 2.17. The van der Waals surface area contributed by atoms with Gasteiger partial charge in [-0.2, -0.15) is 5.10 Å². The summed E-state index contributed by atoms with van der Waals surface area (Å²) in [4.78, 5) is 27.1. The Balaban J connectivity index is 1.58. The van der Waals surface area contributed by atoms with Gasteiger partial charge in [0.1, 0.15) is 0 Å². The number of H-pyrrole nitrogens is 1. The number of aromatic amines is 1. The molecule has 0 unspecified atom stereocenters. The zero-order valence-electron chi connectivity index (χ0n) is 15.3. The first-order valence-electron chi connectivity index (χ1n) is 8.53. The summed E-state index contributed by atoms with van der Waals surface area (Å²) in [6.45, 7) is 0.221. The summed E-state index contributed by atoms with van der Waals surface area (Å²) in [5.41, 5.74) is 0.326. The molecule has 2 amide bonds. The molecule has 29 heavy (non-hydrogen) atoms. The van der Waals surface area contributed by atoms with E-state index < -0.39 is 5.91 Å². The van der Waals surface area contributed by atoms with Crippen molar-refractivity contribution in [1.29, 1.82) is 0 Å². The van der Waals surface area contributed by atoms with E-state index in [1.165, 1.54) is 16.2 Å². The molecule has 11 heteroatoms. The molecular formula is C18H17Cl2N5O2S2. The van der Waals surface area contributed by atoms with Crippen molar-refractivity contribution in [3.05, 3.63) is 50.5 Å². The van der Waals surface area contributed by atoms with Crippen molar-refractivity contribution in [3.8, 4) is 10.7 Å². The smallest absolute Gasteiger partial charge is 0.244 e. The SMILES string of the molecule is CN(CC(=O)Nc1c(Cl)cccc1Cl)C(=O)CCn1c(-c2cccs2)n[nH]c1=S. The lowest BCUT2D eigenvalue weighted by atomic mass is 10.3. The lowest BCUT2D eigenvalue weighted by Gasteiger charge is -2.18. The Morgan fingerprint density at radius 1 is 1.28 bits per heavy atom. The van der Waals surface area contributed by atoms with Crippen LogP contribution in [-0.4, -0.2) is 45.1 Å². The number of amides is 2. The summed E-state index contributed by atoms with van der Waals surface area (Å²) in [5, 5.41) is 12.2. The first-order chi connectivity index (χ1) is 13.9. The van der Waals surface area contributed by atoms with Gasteiger partial charge in [-0.25, -0.2) is 0 Å². The Labute approximate surface area is 186 Å². The van der Waals surface area contributed by atoms with E-state index in [1.807, 2.05) is 17.5 Å². The van der Waals surface area contributed by atoms with Crippen LogP contribution >= 0.6 is 46.8 Å². The van der Waals surface area contributed by atoms with E-state index in [0.717, 1.165) is 4.88 Å². The number of benzene rings is 1. The highest BCUT2D eigenvalue weighted by Crippen LogP contribution is 2.29. The Morgan fingerprint density at radius 3 is 2.66 bits per heavy atom. The Hall–Kier alpha value is -2.20. The minimum atomic E-state index is -0.393. The normalized spacial score (nSPS) is 10.7. The predicted octanol–water partition coefficient (Wildman–Crippen LogP) is 4.46. The van der Waals surface area contributed by atoms with E-state index >= 15 is 0 Å². The second-order valence-corrected chi connectivity index (χ2v) is 8.27. The van der Waals surface area contributed by atoms with Crippen LogP contribution in [0.3, 0.4) is 0 Å².